The Morgan fingerprint density at radius 2 is 1.71 bits per heavy atom. The van der Waals surface area contributed by atoms with Gasteiger partial charge in [-0.1, -0.05) is 40.2 Å². The third-order valence-corrected chi connectivity index (χ3v) is 5.38. The number of nitrogens with zero attached hydrogens (tertiary/aromatic N) is 3. The molecule has 0 aliphatic carbocycles. The molecule has 3 aromatic rings. The van der Waals surface area contributed by atoms with Crippen LogP contribution in [-0.4, -0.2) is 29.0 Å². The molecule has 0 radical (unpaired) electrons. The number of carbonyl (C=O) groups excluding carboxylic acids is 1. The van der Waals surface area contributed by atoms with E-state index in [4.69, 9.17) is 0 Å². The van der Waals surface area contributed by atoms with Gasteiger partial charge in [0.15, 0.2) is 0 Å². The first kappa shape index (κ1) is 18.6. The molecule has 142 valence electrons. The van der Waals surface area contributed by atoms with E-state index in [0.717, 1.165) is 40.2 Å². The average Bonchev–Trinajstić information content (AvgIpc) is 3.28. The van der Waals surface area contributed by atoms with Crippen LogP contribution in [0.1, 0.15) is 28.8 Å². The molecule has 1 saturated heterocycles. The van der Waals surface area contributed by atoms with Gasteiger partial charge in [-0.25, -0.2) is 9.97 Å². The molecule has 0 bridgehead atoms. The summed E-state index contributed by atoms with van der Waals surface area (Å²) < 4.78 is 1.02. The van der Waals surface area contributed by atoms with Gasteiger partial charge in [0.2, 0.25) is 5.95 Å². The molecule has 2 aromatic carbocycles. The summed E-state index contributed by atoms with van der Waals surface area (Å²) in [4.78, 5) is 23.8. The van der Waals surface area contributed by atoms with Crippen molar-refractivity contribution in [3.05, 3.63) is 76.5 Å². The zero-order valence-corrected chi connectivity index (χ0v) is 17.0. The van der Waals surface area contributed by atoms with E-state index in [9.17, 15) is 4.79 Å². The van der Waals surface area contributed by atoms with Gasteiger partial charge in [0.25, 0.3) is 5.91 Å². The lowest BCUT2D eigenvalue weighted by Gasteiger charge is -2.14. The second-order valence-electron chi connectivity index (χ2n) is 6.86. The van der Waals surface area contributed by atoms with Gasteiger partial charge >= 0.3 is 0 Å². The minimum Gasteiger partial charge on any atom is -0.348 e. The number of aromatic nitrogens is 2. The summed E-state index contributed by atoms with van der Waals surface area (Å²) in [6.07, 6.45) is 6.06. The van der Waals surface area contributed by atoms with E-state index in [1.807, 2.05) is 60.9 Å². The van der Waals surface area contributed by atoms with Crippen LogP contribution in [0.15, 0.2) is 65.4 Å². The maximum atomic E-state index is 12.5. The van der Waals surface area contributed by atoms with E-state index in [1.54, 1.807) is 0 Å². The standard InChI is InChI=1S/C22H21BrN4O/c23-20-8-6-16(7-9-20)13-24-21(28)18-5-3-4-17(12-18)19-14-25-22(26-15-19)27-10-1-2-11-27/h3-9,12,14-15H,1-2,10-11,13H2,(H,24,28). The van der Waals surface area contributed by atoms with E-state index in [0.29, 0.717) is 12.1 Å². The Labute approximate surface area is 173 Å². The minimum absolute atomic E-state index is 0.0978. The normalized spacial score (nSPS) is 13.5. The highest BCUT2D eigenvalue weighted by molar-refractivity contribution is 9.10. The Bertz CT molecular complexity index is 951. The molecule has 2 heterocycles. The highest BCUT2D eigenvalue weighted by Gasteiger charge is 2.15. The fraction of sp³-hybridized carbons (Fsp3) is 0.227. The van der Waals surface area contributed by atoms with Crippen molar-refractivity contribution in [3.63, 3.8) is 0 Å². The van der Waals surface area contributed by atoms with Crippen molar-refractivity contribution < 1.29 is 4.79 Å². The van der Waals surface area contributed by atoms with Crippen molar-refractivity contribution in [1.82, 2.24) is 15.3 Å². The number of benzene rings is 2. The number of nitrogens with one attached hydrogen (secondary N) is 1. The van der Waals surface area contributed by atoms with Crippen molar-refractivity contribution >= 4 is 27.8 Å². The molecule has 5 nitrogen and oxygen atoms in total. The summed E-state index contributed by atoms with van der Waals surface area (Å²) >= 11 is 3.42. The molecule has 4 rings (SSSR count). The predicted octanol–water partition coefficient (Wildman–Crippen LogP) is 4.44. The van der Waals surface area contributed by atoms with Crippen molar-refractivity contribution in [2.24, 2.45) is 0 Å². The lowest BCUT2D eigenvalue weighted by atomic mass is 10.1. The summed E-state index contributed by atoms with van der Waals surface area (Å²) in [6.45, 7) is 2.53. The highest BCUT2D eigenvalue weighted by Crippen LogP contribution is 2.22. The third kappa shape index (κ3) is 4.39. The molecule has 1 aliphatic heterocycles. The summed E-state index contributed by atoms with van der Waals surface area (Å²) in [7, 11) is 0. The van der Waals surface area contributed by atoms with Gasteiger partial charge in [-0.2, -0.15) is 0 Å². The lowest BCUT2D eigenvalue weighted by Crippen LogP contribution is -2.22. The zero-order valence-electron chi connectivity index (χ0n) is 15.4. The number of amides is 1. The molecular weight excluding hydrogens is 416 g/mol. The van der Waals surface area contributed by atoms with Crippen LogP contribution in [0.25, 0.3) is 11.1 Å². The van der Waals surface area contributed by atoms with Gasteiger partial charge in [-0.3, -0.25) is 4.79 Å². The smallest absolute Gasteiger partial charge is 0.251 e. The summed E-state index contributed by atoms with van der Waals surface area (Å²) in [6, 6.07) is 15.5. The number of rotatable bonds is 5. The molecule has 1 amide bonds. The Kier molecular flexibility index (Phi) is 5.67. The van der Waals surface area contributed by atoms with Crippen molar-refractivity contribution in [3.8, 4) is 11.1 Å². The first-order valence-corrected chi connectivity index (χ1v) is 10.2. The maximum absolute atomic E-state index is 12.5. The van der Waals surface area contributed by atoms with E-state index in [1.165, 1.54) is 12.8 Å². The Morgan fingerprint density at radius 3 is 2.43 bits per heavy atom. The fourth-order valence-electron chi connectivity index (χ4n) is 3.28. The molecule has 0 unspecified atom stereocenters. The summed E-state index contributed by atoms with van der Waals surface area (Å²) in [5.74, 6) is 0.684. The molecule has 1 fully saturated rings. The van der Waals surface area contributed by atoms with E-state index in [2.05, 4.69) is 36.1 Å². The van der Waals surface area contributed by atoms with E-state index < -0.39 is 0 Å². The molecule has 1 N–H and O–H groups in total. The molecule has 28 heavy (non-hydrogen) atoms. The van der Waals surface area contributed by atoms with Crippen LogP contribution in [0.5, 0.6) is 0 Å². The molecule has 6 heteroatoms. The van der Waals surface area contributed by atoms with Crippen LogP contribution < -0.4 is 10.2 Å². The van der Waals surface area contributed by atoms with Gasteiger partial charge < -0.3 is 10.2 Å². The fourth-order valence-corrected chi connectivity index (χ4v) is 3.54. The second-order valence-corrected chi connectivity index (χ2v) is 7.77. The van der Waals surface area contributed by atoms with Crippen LogP contribution in [0.3, 0.4) is 0 Å². The van der Waals surface area contributed by atoms with Gasteiger partial charge in [0, 0.05) is 47.6 Å². The molecule has 0 atom stereocenters. The third-order valence-electron chi connectivity index (χ3n) is 4.85. The van der Waals surface area contributed by atoms with Gasteiger partial charge in [-0.05, 0) is 48.2 Å². The minimum atomic E-state index is -0.0978. The monoisotopic (exact) mass is 436 g/mol. The SMILES string of the molecule is O=C(NCc1ccc(Br)cc1)c1cccc(-c2cnc(N3CCCC3)nc2)c1. The lowest BCUT2D eigenvalue weighted by molar-refractivity contribution is 0.0951. The zero-order chi connectivity index (χ0) is 19.3. The number of carbonyl (C=O) groups is 1. The predicted molar refractivity (Wildman–Crippen MR) is 114 cm³/mol. The van der Waals surface area contributed by atoms with Crippen LogP contribution in [0.2, 0.25) is 0 Å². The number of hydrogen-bond acceptors (Lipinski definition) is 4. The maximum Gasteiger partial charge on any atom is 0.251 e. The van der Waals surface area contributed by atoms with Gasteiger partial charge in [0.1, 0.15) is 0 Å². The van der Waals surface area contributed by atoms with Crippen molar-refractivity contribution in [1.29, 1.82) is 0 Å². The van der Waals surface area contributed by atoms with Crippen molar-refractivity contribution in [2.45, 2.75) is 19.4 Å². The topological polar surface area (TPSA) is 58.1 Å². The van der Waals surface area contributed by atoms with Crippen molar-refractivity contribution in [2.75, 3.05) is 18.0 Å². The molecule has 1 aromatic heterocycles. The average molecular weight is 437 g/mol. The summed E-state index contributed by atoms with van der Waals surface area (Å²) in [5.41, 5.74) is 3.52. The first-order chi connectivity index (χ1) is 13.7. The van der Waals surface area contributed by atoms with Gasteiger partial charge in [0.05, 0.1) is 0 Å². The molecule has 1 aliphatic rings. The largest absolute Gasteiger partial charge is 0.348 e. The number of anilines is 1. The van der Waals surface area contributed by atoms with Crippen LogP contribution in [-0.2, 0) is 6.54 Å². The molecule has 0 saturated carbocycles. The van der Waals surface area contributed by atoms with Crippen LogP contribution >= 0.6 is 15.9 Å². The first-order valence-electron chi connectivity index (χ1n) is 9.39. The van der Waals surface area contributed by atoms with Crippen LogP contribution in [0, 0.1) is 0 Å². The Hall–Kier alpha value is -2.73. The van der Waals surface area contributed by atoms with E-state index in [-0.39, 0.29) is 5.91 Å². The van der Waals surface area contributed by atoms with Gasteiger partial charge in [-0.15, -0.1) is 0 Å². The Morgan fingerprint density at radius 1 is 1.00 bits per heavy atom. The second kappa shape index (κ2) is 8.52. The highest BCUT2D eigenvalue weighted by atomic mass is 79.9. The van der Waals surface area contributed by atoms with E-state index >= 15 is 0 Å². The Balaban J connectivity index is 1.44. The molecule has 0 spiro atoms. The number of halogens is 1. The quantitative estimate of drug-likeness (QED) is 0.642. The molecular formula is C22H21BrN4O. The summed E-state index contributed by atoms with van der Waals surface area (Å²) in [5, 5.41) is 2.97. The van der Waals surface area contributed by atoms with Crippen LogP contribution in [0.4, 0.5) is 5.95 Å². The number of hydrogen-bond donors (Lipinski definition) is 1.